The summed E-state index contributed by atoms with van der Waals surface area (Å²) < 4.78 is 37.1. The monoisotopic (exact) mass is 247 g/mol. The normalized spacial score (nSPS) is 13.5. The van der Waals surface area contributed by atoms with Crippen LogP contribution in [0, 0.1) is 0 Å². The van der Waals surface area contributed by atoms with Gasteiger partial charge in [-0.05, 0) is 18.6 Å². The lowest BCUT2D eigenvalue weighted by atomic mass is 10.2. The molecule has 1 aromatic rings. The molecule has 1 heterocycles. The molecular weight excluding hydrogens is 231 g/mol. The molecule has 0 saturated heterocycles. The Morgan fingerprint density at radius 2 is 2.12 bits per heavy atom. The highest BCUT2D eigenvalue weighted by Gasteiger charge is 2.32. The topological polar surface area (TPSA) is 50.9 Å². The average Bonchev–Trinajstić information content (AvgIpc) is 2.26. The number of anilines is 1. The molecule has 3 N–H and O–H groups in total. The van der Waals surface area contributed by atoms with Crippen LogP contribution in [0.25, 0.3) is 0 Å². The van der Waals surface area contributed by atoms with Crippen molar-refractivity contribution < 1.29 is 13.2 Å². The highest BCUT2D eigenvalue weighted by Crippen LogP contribution is 2.28. The smallest absolute Gasteiger partial charge is 0.369 e. The van der Waals surface area contributed by atoms with Gasteiger partial charge in [0.25, 0.3) is 0 Å². The van der Waals surface area contributed by atoms with E-state index in [-0.39, 0.29) is 11.9 Å². The summed E-state index contributed by atoms with van der Waals surface area (Å²) >= 11 is 0. The molecule has 1 unspecified atom stereocenters. The molecular formula is C11H16F3N3. The Kier molecular flexibility index (Phi) is 4.74. The van der Waals surface area contributed by atoms with Crippen molar-refractivity contribution in [3.63, 3.8) is 0 Å². The van der Waals surface area contributed by atoms with E-state index in [0.29, 0.717) is 6.54 Å². The Morgan fingerprint density at radius 1 is 1.41 bits per heavy atom. The minimum atomic E-state index is -4.41. The molecule has 0 saturated carbocycles. The molecule has 0 aliphatic rings. The number of nitrogens with zero attached hydrogens (tertiary/aromatic N) is 1. The summed E-state index contributed by atoms with van der Waals surface area (Å²) in [4.78, 5) is 3.48. The summed E-state index contributed by atoms with van der Waals surface area (Å²) in [6, 6.07) is 3.69. The third kappa shape index (κ3) is 4.60. The van der Waals surface area contributed by atoms with Gasteiger partial charge in [-0.25, -0.2) is 4.98 Å². The maximum Gasteiger partial charge on any atom is 0.433 e. The molecule has 1 aromatic heterocycles. The summed E-state index contributed by atoms with van der Waals surface area (Å²) in [5.74, 6) is 0.200. The van der Waals surface area contributed by atoms with Crippen molar-refractivity contribution in [1.82, 2.24) is 4.98 Å². The second-order valence-corrected chi connectivity index (χ2v) is 3.84. The molecule has 6 heteroatoms. The predicted octanol–water partition coefficient (Wildman–Crippen LogP) is 2.64. The standard InChI is InChI=1S/C11H16F3N3/c1-2-4-8(15)7-16-10-6-3-5-9(17-10)11(12,13)14/h3,5-6,8H,2,4,7,15H2,1H3,(H,16,17). The lowest BCUT2D eigenvalue weighted by Gasteiger charge is -2.13. The Labute approximate surface area is 98.2 Å². The zero-order chi connectivity index (χ0) is 12.9. The van der Waals surface area contributed by atoms with E-state index in [1.165, 1.54) is 12.1 Å². The van der Waals surface area contributed by atoms with Gasteiger partial charge >= 0.3 is 6.18 Å². The van der Waals surface area contributed by atoms with E-state index in [1.54, 1.807) is 0 Å². The lowest BCUT2D eigenvalue weighted by Crippen LogP contribution is -2.29. The van der Waals surface area contributed by atoms with Crippen molar-refractivity contribution in [2.45, 2.75) is 32.0 Å². The van der Waals surface area contributed by atoms with Crippen LogP contribution in [0.4, 0.5) is 19.0 Å². The quantitative estimate of drug-likeness (QED) is 0.841. The van der Waals surface area contributed by atoms with E-state index < -0.39 is 11.9 Å². The Balaban J connectivity index is 2.60. The summed E-state index contributed by atoms with van der Waals surface area (Å²) in [6.07, 6.45) is -2.64. The molecule has 0 radical (unpaired) electrons. The van der Waals surface area contributed by atoms with E-state index in [1.807, 2.05) is 6.92 Å². The maximum absolute atomic E-state index is 12.4. The fraction of sp³-hybridized carbons (Fsp3) is 0.545. The summed E-state index contributed by atoms with van der Waals surface area (Å²) in [5.41, 5.74) is 4.85. The van der Waals surface area contributed by atoms with Gasteiger partial charge in [0.2, 0.25) is 0 Å². The number of aromatic nitrogens is 1. The molecule has 17 heavy (non-hydrogen) atoms. The molecule has 0 aromatic carbocycles. The van der Waals surface area contributed by atoms with Crippen molar-refractivity contribution in [3.8, 4) is 0 Å². The van der Waals surface area contributed by atoms with Crippen LogP contribution in [0.15, 0.2) is 18.2 Å². The summed E-state index contributed by atoms with van der Waals surface area (Å²) in [5, 5.41) is 2.81. The van der Waals surface area contributed by atoms with Crippen LogP contribution < -0.4 is 11.1 Å². The van der Waals surface area contributed by atoms with Gasteiger partial charge in [-0.15, -0.1) is 0 Å². The summed E-state index contributed by atoms with van der Waals surface area (Å²) in [6.45, 7) is 2.42. The van der Waals surface area contributed by atoms with Gasteiger partial charge < -0.3 is 11.1 Å². The van der Waals surface area contributed by atoms with E-state index in [9.17, 15) is 13.2 Å². The molecule has 3 nitrogen and oxygen atoms in total. The third-order valence-electron chi connectivity index (χ3n) is 2.24. The van der Waals surface area contributed by atoms with Gasteiger partial charge in [0, 0.05) is 12.6 Å². The molecule has 0 amide bonds. The highest BCUT2D eigenvalue weighted by atomic mass is 19.4. The first-order valence-electron chi connectivity index (χ1n) is 5.47. The lowest BCUT2D eigenvalue weighted by molar-refractivity contribution is -0.141. The second kappa shape index (κ2) is 5.86. The fourth-order valence-electron chi connectivity index (χ4n) is 1.40. The van der Waals surface area contributed by atoms with Crippen molar-refractivity contribution in [2.75, 3.05) is 11.9 Å². The van der Waals surface area contributed by atoms with Crippen molar-refractivity contribution in [2.24, 2.45) is 5.73 Å². The first kappa shape index (κ1) is 13.8. The Morgan fingerprint density at radius 3 is 2.71 bits per heavy atom. The van der Waals surface area contributed by atoms with Crippen LogP contribution in [0.2, 0.25) is 0 Å². The molecule has 0 aliphatic carbocycles. The van der Waals surface area contributed by atoms with Crippen LogP contribution in [-0.4, -0.2) is 17.6 Å². The number of hydrogen-bond donors (Lipinski definition) is 2. The first-order chi connectivity index (χ1) is 7.93. The second-order valence-electron chi connectivity index (χ2n) is 3.84. The van der Waals surface area contributed by atoms with Crippen molar-refractivity contribution in [1.29, 1.82) is 0 Å². The number of rotatable bonds is 5. The Hall–Kier alpha value is -1.30. The first-order valence-corrected chi connectivity index (χ1v) is 5.47. The molecule has 1 atom stereocenters. The SMILES string of the molecule is CCCC(N)CNc1cccc(C(F)(F)F)n1. The minimum absolute atomic E-state index is 0.0728. The highest BCUT2D eigenvalue weighted by molar-refractivity contribution is 5.36. The average molecular weight is 247 g/mol. The predicted molar refractivity (Wildman–Crippen MR) is 60.6 cm³/mol. The van der Waals surface area contributed by atoms with Gasteiger partial charge in [0.15, 0.2) is 0 Å². The fourth-order valence-corrected chi connectivity index (χ4v) is 1.40. The third-order valence-corrected chi connectivity index (χ3v) is 2.24. The number of hydrogen-bond acceptors (Lipinski definition) is 3. The number of nitrogens with one attached hydrogen (secondary N) is 1. The molecule has 1 rings (SSSR count). The molecule has 0 bridgehead atoms. The molecule has 0 aliphatic heterocycles. The number of pyridine rings is 1. The van der Waals surface area contributed by atoms with Gasteiger partial charge in [-0.1, -0.05) is 19.4 Å². The maximum atomic E-state index is 12.4. The Bertz CT molecular complexity index is 352. The van der Waals surface area contributed by atoms with E-state index in [4.69, 9.17) is 5.73 Å². The number of alkyl halides is 3. The van der Waals surface area contributed by atoms with Gasteiger partial charge in [-0.3, -0.25) is 0 Å². The van der Waals surface area contributed by atoms with Crippen LogP contribution in [0.5, 0.6) is 0 Å². The van der Waals surface area contributed by atoms with Gasteiger partial charge in [0.1, 0.15) is 11.5 Å². The van der Waals surface area contributed by atoms with Gasteiger partial charge in [-0.2, -0.15) is 13.2 Å². The molecule has 0 spiro atoms. The zero-order valence-corrected chi connectivity index (χ0v) is 9.59. The van der Waals surface area contributed by atoms with E-state index in [0.717, 1.165) is 18.9 Å². The van der Waals surface area contributed by atoms with Gasteiger partial charge in [0.05, 0.1) is 0 Å². The molecule has 0 fully saturated rings. The van der Waals surface area contributed by atoms with Crippen LogP contribution in [-0.2, 0) is 6.18 Å². The van der Waals surface area contributed by atoms with Crippen LogP contribution in [0.3, 0.4) is 0 Å². The van der Waals surface area contributed by atoms with E-state index in [2.05, 4.69) is 10.3 Å². The number of halogens is 3. The van der Waals surface area contributed by atoms with E-state index >= 15 is 0 Å². The largest absolute Gasteiger partial charge is 0.433 e. The van der Waals surface area contributed by atoms with Crippen molar-refractivity contribution >= 4 is 5.82 Å². The minimum Gasteiger partial charge on any atom is -0.369 e. The van der Waals surface area contributed by atoms with Crippen LogP contribution in [0.1, 0.15) is 25.5 Å². The van der Waals surface area contributed by atoms with Crippen LogP contribution >= 0.6 is 0 Å². The summed E-state index contributed by atoms with van der Waals surface area (Å²) in [7, 11) is 0. The molecule has 96 valence electrons. The zero-order valence-electron chi connectivity index (χ0n) is 9.59. The number of nitrogens with two attached hydrogens (primary N) is 1. The van der Waals surface area contributed by atoms with Crippen molar-refractivity contribution in [3.05, 3.63) is 23.9 Å².